The quantitative estimate of drug-likeness (QED) is 0.539. The zero-order valence-corrected chi connectivity index (χ0v) is 20.0. The summed E-state index contributed by atoms with van der Waals surface area (Å²) in [4.78, 5) is 18.2. The lowest BCUT2D eigenvalue weighted by Gasteiger charge is -2.42. The molecular formula is C27H36N4O2. The van der Waals surface area contributed by atoms with Gasteiger partial charge >= 0.3 is 0 Å². The molecule has 0 unspecified atom stereocenters. The number of pyridine rings is 1. The molecule has 5 rings (SSSR count). The molecule has 2 fully saturated rings. The number of fused-ring (bicyclic) bond motifs is 1. The van der Waals surface area contributed by atoms with E-state index in [4.69, 9.17) is 0 Å². The fraction of sp³-hybridized carbons (Fsp3) is 0.519. The van der Waals surface area contributed by atoms with Crippen molar-refractivity contribution in [1.29, 1.82) is 0 Å². The fourth-order valence-corrected chi connectivity index (χ4v) is 5.61. The van der Waals surface area contributed by atoms with Crippen LogP contribution in [0, 0.1) is 11.8 Å². The van der Waals surface area contributed by atoms with Crippen molar-refractivity contribution in [2.75, 3.05) is 26.2 Å². The first-order chi connectivity index (χ1) is 15.8. The van der Waals surface area contributed by atoms with Crippen molar-refractivity contribution < 1.29 is 5.11 Å². The van der Waals surface area contributed by atoms with Gasteiger partial charge in [-0.05, 0) is 86.9 Å². The third kappa shape index (κ3) is 4.52. The van der Waals surface area contributed by atoms with E-state index in [-0.39, 0.29) is 5.56 Å². The van der Waals surface area contributed by atoms with Crippen molar-refractivity contribution in [3.05, 3.63) is 58.1 Å². The molecule has 33 heavy (non-hydrogen) atoms. The predicted molar refractivity (Wildman–Crippen MR) is 133 cm³/mol. The second-order valence-electron chi connectivity index (χ2n) is 10.6. The van der Waals surface area contributed by atoms with Crippen LogP contribution in [0.15, 0.2) is 41.5 Å². The topological polar surface area (TPSA) is 73.3 Å². The van der Waals surface area contributed by atoms with E-state index < -0.39 is 5.60 Å². The van der Waals surface area contributed by atoms with Gasteiger partial charge in [-0.25, -0.2) is 0 Å². The average molecular weight is 449 g/mol. The van der Waals surface area contributed by atoms with Gasteiger partial charge in [-0.15, -0.1) is 0 Å². The van der Waals surface area contributed by atoms with Gasteiger partial charge in [-0.3, -0.25) is 9.69 Å². The number of nitrogens with zero attached hydrogens (tertiary/aromatic N) is 2. The van der Waals surface area contributed by atoms with Crippen molar-refractivity contribution in [2.45, 2.75) is 45.3 Å². The summed E-state index contributed by atoms with van der Waals surface area (Å²) >= 11 is 0. The van der Waals surface area contributed by atoms with Gasteiger partial charge in [0, 0.05) is 50.0 Å². The molecule has 6 heteroatoms. The first-order valence-electron chi connectivity index (χ1n) is 12.3. The normalized spacial score (nSPS) is 18.7. The maximum Gasteiger partial charge on any atom is 0.274 e. The number of likely N-dealkylation sites (tertiary alicyclic amines) is 1. The minimum Gasteiger partial charge on any atom is -0.386 e. The highest BCUT2D eigenvalue weighted by molar-refractivity contribution is 5.95. The molecule has 3 aromatic rings. The number of hydrogen-bond donors (Lipinski definition) is 3. The highest BCUT2D eigenvalue weighted by Gasteiger charge is 2.30. The molecule has 0 amide bonds. The van der Waals surface area contributed by atoms with Gasteiger partial charge in [-0.1, -0.05) is 12.1 Å². The SMILES string of the molecule is Cn1cc(-c2cc(C(C)(C)O)ccc2CN2CC(CC3CCNCC3)C2)c2cc[nH]c2c1=O. The van der Waals surface area contributed by atoms with Crippen LogP contribution in [0.5, 0.6) is 0 Å². The van der Waals surface area contributed by atoms with Gasteiger partial charge in [-0.2, -0.15) is 0 Å². The summed E-state index contributed by atoms with van der Waals surface area (Å²) in [5.41, 5.74) is 3.92. The van der Waals surface area contributed by atoms with Crippen LogP contribution in [-0.4, -0.2) is 45.7 Å². The molecule has 6 nitrogen and oxygen atoms in total. The van der Waals surface area contributed by atoms with Crippen molar-refractivity contribution in [3.63, 3.8) is 0 Å². The summed E-state index contributed by atoms with van der Waals surface area (Å²) in [6.07, 6.45) is 7.75. The van der Waals surface area contributed by atoms with Crippen LogP contribution < -0.4 is 10.9 Å². The largest absolute Gasteiger partial charge is 0.386 e. The number of aromatic amines is 1. The molecule has 2 aromatic heterocycles. The van der Waals surface area contributed by atoms with E-state index in [2.05, 4.69) is 27.3 Å². The summed E-state index contributed by atoms with van der Waals surface area (Å²) in [7, 11) is 1.80. The van der Waals surface area contributed by atoms with Gasteiger partial charge in [0.1, 0.15) is 5.52 Å². The lowest BCUT2D eigenvalue weighted by Crippen LogP contribution is -2.47. The molecule has 2 aliphatic heterocycles. The number of rotatable bonds is 6. The van der Waals surface area contributed by atoms with Crippen molar-refractivity contribution >= 4 is 10.9 Å². The predicted octanol–water partition coefficient (Wildman–Crippen LogP) is 3.58. The molecule has 0 saturated carbocycles. The molecule has 1 aromatic carbocycles. The third-order valence-corrected chi connectivity index (χ3v) is 7.55. The van der Waals surface area contributed by atoms with E-state index >= 15 is 0 Å². The minimum absolute atomic E-state index is 0.0255. The molecule has 176 valence electrons. The number of aromatic nitrogens is 2. The van der Waals surface area contributed by atoms with E-state index in [1.54, 1.807) is 11.6 Å². The van der Waals surface area contributed by atoms with E-state index in [0.29, 0.717) is 5.52 Å². The molecule has 3 N–H and O–H groups in total. The Bertz CT molecular complexity index is 1190. The third-order valence-electron chi connectivity index (χ3n) is 7.55. The maximum atomic E-state index is 12.6. The lowest BCUT2D eigenvalue weighted by molar-refractivity contribution is 0.0697. The zero-order chi connectivity index (χ0) is 23.2. The number of H-pyrrole nitrogens is 1. The van der Waals surface area contributed by atoms with Gasteiger partial charge in [0.2, 0.25) is 0 Å². The first kappa shape index (κ1) is 22.4. The van der Waals surface area contributed by atoms with Gasteiger partial charge in [0.15, 0.2) is 0 Å². The fourth-order valence-electron chi connectivity index (χ4n) is 5.61. The Morgan fingerprint density at radius 3 is 2.58 bits per heavy atom. The van der Waals surface area contributed by atoms with E-state index in [1.807, 2.05) is 38.4 Å². The van der Waals surface area contributed by atoms with Crippen molar-refractivity contribution in [1.82, 2.24) is 19.8 Å². The van der Waals surface area contributed by atoms with Crippen LogP contribution in [0.4, 0.5) is 0 Å². The van der Waals surface area contributed by atoms with Gasteiger partial charge in [0.05, 0.1) is 5.60 Å². The molecule has 0 radical (unpaired) electrons. The summed E-state index contributed by atoms with van der Waals surface area (Å²) in [6, 6.07) is 8.28. The second kappa shape index (κ2) is 8.75. The summed E-state index contributed by atoms with van der Waals surface area (Å²) < 4.78 is 1.65. The van der Waals surface area contributed by atoms with Crippen LogP contribution in [0.1, 0.15) is 44.2 Å². The highest BCUT2D eigenvalue weighted by Crippen LogP contribution is 2.35. The van der Waals surface area contributed by atoms with Crippen molar-refractivity contribution in [3.8, 4) is 11.1 Å². The highest BCUT2D eigenvalue weighted by atomic mass is 16.3. The summed E-state index contributed by atoms with van der Waals surface area (Å²) in [6.45, 7) is 9.18. The van der Waals surface area contributed by atoms with Crippen LogP contribution in [-0.2, 0) is 19.2 Å². The minimum atomic E-state index is -0.929. The smallest absolute Gasteiger partial charge is 0.274 e. The van der Waals surface area contributed by atoms with Crippen LogP contribution in [0.3, 0.4) is 0 Å². The number of benzene rings is 1. The maximum absolute atomic E-state index is 12.6. The van der Waals surface area contributed by atoms with E-state index in [0.717, 1.165) is 53.5 Å². The Labute approximate surface area is 195 Å². The first-order valence-corrected chi connectivity index (χ1v) is 12.3. The second-order valence-corrected chi connectivity index (χ2v) is 10.6. The number of hydrogen-bond acceptors (Lipinski definition) is 4. The molecule has 0 spiro atoms. The van der Waals surface area contributed by atoms with Crippen molar-refractivity contribution in [2.24, 2.45) is 18.9 Å². The Balaban J connectivity index is 1.43. The standard InChI is InChI=1S/C27H36N4O2/c1-27(2,33)21-5-4-20(16-31-14-19(15-31)12-18-6-9-28-10-7-18)23(13-21)24-17-30(3)26(32)25-22(24)8-11-29-25/h4-5,8,11,13,17-19,28-29,33H,6-7,9-10,12,14-16H2,1-3H3. The monoisotopic (exact) mass is 448 g/mol. The molecular weight excluding hydrogens is 412 g/mol. The Morgan fingerprint density at radius 2 is 1.85 bits per heavy atom. The Morgan fingerprint density at radius 1 is 1.09 bits per heavy atom. The van der Waals surface area contributed by atoms with Gasteiger partial charge in [0.25, 0.3) is 5.56 Å². The number of aryl methyl sites for hydroxylation is 1. The molecule has 2 aliphatic rings. The van der Waals surface area contributed by atoms with E-state index in [9.17, 15) is 9.90 Å². The van der Waals surface area contributed by atoms with E-state index in [1.165, 1.54) is 37.9 Å². The zero-order valence-electron chi connectivity index (χ0n) is 20.0. The Hall–Kier alpha value is -2.41. The van der Waals surface area contributed by atoms with Crippen LogP contribution >= 0.6 is 0 Å². The summed E-state index contributed by atoms with van der Waals surface area (Å²) in [5, 5.41) is 15.1. The number of aliphatic hydroxyl groups is 1. The average Bonchev–Trinajstić information content (AvgIpc) is 3.25. The molecule has 0 atom stereocenters. The van der Waals surface area contributed by atoms with Crippen LogP contribution in [0.25, 0.3) is 22.0 Å². The molecule has 4 heterocycles. The number of nitrogens with one attached hydrogen (secondary N) is 2. The Kier molecular flexibility index (Phi) is 5.93. The lowest BCUT2D eigenvalue weighted by atomic mass is 9.83. The molecule has 2 saturated heterocycles. The van der Waals surface area contributed by atoms with Gasteiger partial charge < -0.3 is 20.0 Å². The molecule has 0 aliphatic carbocycles. The molecule has 0 bridgehead atoms. The summed E-state index contributed by atoms with van der Waals surface area (Å²) in [5.74, 6) is 1.69. The number of piperidine rings is 1. The van der Waals surface area contributed by atoms with Crippen LogP contribution in [0.2, 0.25) is 0 Å².